The minimum Gasteiger partial charge on any atom is -0.394 e. The van der Waals surface area contributed by atoms with E-state index in [0.29, 0.717) is 37.0 Å². The predicted molar refractivity (Wildman–Crippen MR) is 228 cm³/mol. The summed E-state index contributed by atoms with van der Waals surface area (Å²) in [5.41, 5.74) is -0.251. The molecule has 0 radical (unpaired) electrons. The summed E-state index contributed by atoms with van der Waals surface area (Å²) in [6.45, 7) is 3.49. The number of aliphatic hydroxyl groups excluding tert-OH is 14. The monoisotopic (exact) mass is 1010 g/mol. The molecule has 9 fully saturated rings. The van der Waals surface area contributed by atoms with Crippen LogP contribution in [-0.4, -0.2) is 244 Å². The molecule has 5 aliphatic heterocycles. The van der Waals surface area contributed by atoms with Crippen molar-refractivity contribution in [1.29, 1.82) is 0 Å². The van der Waals surface area contributed by atoms with Crippen molar-refractivity contribution in [1.82, 2.24) is 0 Å². The highest BCUT2D eigenvalue weighted by Crippen LogP contribution is 2.71. The molecule has 0 spiro atoms. The Morgan fingerprint density at radius 3 is 1.61 bits per heavy atom. The van der Waals surface area contributed by atoms with Gasteiger partial charge < -0.3 is 114 Å². The quantitative estimate of drug-likeness (QED) is 0.0641. The van der Waals surface area contributed by atoms with Gasteiger partial charge in [-0.05, 0) is 85.9 Å². The van der Waals surface area contributed by atoms with Gasteiger partial charge in [0.15, 0.2) is 25.2 Å². The van der Waals surface area contributed by atoms with E-state index in [4.69, 9.17) is 42.6 Å². The van der Waals surface area contributed by atoms with Crippen molar-refractivity contribution in [3.8, 4) is 0 Å². The number of hydrogen-bond donors (Lipinski definition) is 15. The van der Waals surface area contributed by atoms with Gasteiger partial charge in [0, 0.05) is 11.8 Å². The first-order valence-electron chi connectivity index (χ1n) is 25.0. The van der Waals surface area contributed by atoms with Gasteiger partial charge >= 0.3 is 0 Å². The molecule has 5 heterocycles. The highest BCUT2D eigenvalue weighted by Gasteiger charge is 2.70. The van der Waals surface area contributed by atoms with Crippen LogP contribution in [0, 0.1) is 46.3 Å². The van der Waals surface area contributed by atoms with Gasteiger partial charge in [0.25, 0.3) is 5.97 Å². The molecule has 0 aromatic heterocycles. The Morgan fingerprint density at radius 2 is 0.986 bits per heavy atom. The zero-order valence-electron chi connectivity index (χ0n) is 39.5. The van der Waals surface area contributed by atoms with Crippen LogP contribution in [0.25, 0.3) is 0 Å². The van der Waals surface area contributed by atoms with Crippen LogP contribution < -0.4 is 0 Å². The smallest absolute Gasteiger partial charge is 0.286 e. The summed E-state index contributed by atoms with van der Waals surface area (Å²) in [5.74, 6) is -1.46. The van der Waals surface area contributed by atoms with Crippen LogP contribution in [0.3, 0.4) is 0 Å². The van der Waals surface area contributed by atoms with Crippen LogP contribution in [0.1, 0.15) is 72.1 Å². The van der Waals surface area contributed by atoms with Crippen molar-refractivity contribution >= 4 is 0 Å². The number of ether oxygens (including phenoxy) is 9. The maximum atomic E-state index is 11.8. The highest BCUT2D eigenvalue weighted by atomic mass is 16.9. The molecule has 70 heavy (non-hydrogen) atoms. The molecule has 404 valence electrons. The van der Waals surface area contributed by atoms with Gasteiger partial charge in [-0.3, -0.25) is 4.74 Å². The normalized spacial score (nSPS) is 58.0. The zero-order valence-corrected chi connectivity index (χ0v) is 39.5. The van der Waals surface area contributed by atoms with Crippen molar-refractivity contribution in [2.24, 2.45) is 46.3 Å². The Labute approximate surface area is 404 Å². The lowest BCUT2D eigenvalue weighted by Crippen LogP contribution is -2.67. The lowest BCUT2D eigenvalue weighted by Gasteiger charge is -2.61. The number of rotatable bonds is 12. The van der Waals surface area contributed by atoms with E-state index < -0.39 is 161 Å². The maximum absolute atomic E-state index is 11.8. The highest BCUT2D eigenvalue weighted by molar-refractivity contribution is 5.14. The first-order chi connectivity index (χ1) is 33.1. The zero-order chi connectivity index (χ0) is 50.5. The van der Waals surface area contributed by atoms with Crippen LogP contribution in [0.2, 0.25) is 0 Å². The van der Waals surface area contributed by atoms with Crippen LogP contribution in [0.4, 0.5) is 0 Å². The summed E-state index contributed by atoms with van der Waals surface area (Å²) < 4.78 is 53.2. The third-order valence-electron chi connectivity index (χ3n) is 18.7. The van der Waals surface area contributed by atoms with Gasteiger partial charge in [0.2, 0.25) is 0 Å². The summed E-state index contributed by atoms with van der Waals surface area (Å²) in [7, 11) is 0. The lowest BCUT2D eigenvalue weighted by molar-refractivity contribution is -0.438. The van der Waals surface area contributed by atoms with E-state index in [1.165, 1.54) is 0 Å². The average molecular weight is 1010 g/mol. The molecule has 24 nitrogen and oxygen atoms in total. The Balaban J connectivity index is 0.821. The van der Waals surface area contributed by atoms with Gasteiger partial charge in [-0.15, -0.1) is 0 Å². The molecule has 0 bridgehead atoms. The van der Waals surface area contributed by atoms with Gasteiger partial charge in [-0.1, -0.05) is 20.8 Å². The van der Waals surface area contributed by atoms with Crippen molar-refractivity contribution < 1.29 is 119 Å². The Hall–Kier alpha value is -0.960. The second-order valence-corrected chi connectivity index (χ2v) is 22.2. The number of aliphatic hydroxyl groups is 15. The Morgan fingerprint density at radius 1 is 0.486 bits per heavy atom. The van der Waals surface area contributed by atoms with Crippen molar-refractivity contribution in [3.05, 3.63) is 0 Å². The van der Waals surface area contributed by atoms with Gasteiger partial charge in [-0.2, -0.15) is 0 Å². The molecule has 0 amide bonds. The standard InChI is InChI=1S/C46H76O24/c1-16-27-22(69-46(16,61)70-42-36(59)32(55)29(52)24(13-48)64-42)11-21-19-5-4-17-10-18(6-8-44(17,2)20(19)7-9-45(21,27)3)62-40-37(60)34(57)38(26(15-50)66-40)67-43-39(33(56)30(53)25(14-49)65-43)68-41-35(58)31(54)28(51)23(12-47)63-41/h16-43,47-61H,4-15H2,1-3H3/t16-,17?,18-,19?,20?,21?,22?,23+,24-,25+,26+,27?,28-,29+,30+,31-,32+,33-,34+,35+,36-,37+,38-,39+,40-,41+,42-,43-,44-,45-,46?/m0/s1. The largest absolute Gasteiger partial charge is 0.394 e. The second kappa shape index (κ2) is 20.5. The lowest BCUT2D eigenvalue weighted by atomic mass is 9.44. The molecule has 9 rings (SSSR count). The van der Waals surface area contributed by atoms with E-state index in [9.17, 15) is 76.6 Å². The third-order valence-corrected chi connectivity index (χ3v) is 18.7. The van der Waals surface area contributed by atoms with Crippen molar-refractivity contribution in [3.63, 3.8) is 0 Å². The van der Waals surface area contributed by atoms with E-state index >= 15 is 0 Å². The third kappa shape index (κ3) is 9.02. The van der Waals surface area contributed by atoms with Crippen LogP contribution >= 0.6 is 0 Å². The molecular formula is C46H76O24. The summed E-state index contributed by atoms with van der Waals surface area (Å²) in [6.07, 6.45) is -27.3. The predicted octanol–water partition coefficient (Wildman–Crippen LogP) is -5.41. The van der Waals surface area contributed by atoms with Gasteiger partial charge in [0.05, 0.1) is 38.6 Å². The first kappa shape index (κ1) is 53.9. The van der Waals surface area contributed by atoms with Gasteiger partial charge in [-0.25, -0.2) is 0 Å². The van der Waals surface area contributed by atoms with E-state index in [1.54, 1.807) is 0 Å². The fraction of sp³-hybridized carbons (Fsp3) is 1.00. The summed E-state index contributed by atoms with van der Waals surface area (Å²) >= 11 is 0. The van der Waals surface area contributed by atoms with Crippen LogP contribution in [0.5, 0.6) is 0 Å². The molecule has 24 heteroatoms. The van der Waals surface area contributed by atoms with Crippen molar-refractivity contribution in [2.75, 3.05) is 26.4 Å². The Bertz CT molecular complexity index is 1770. The molecule has 7 unspecified atom stereocenters. The number of hydrogen-bond acceptors (Lipinski definition) is 24. The molecule has 9 aliphatic rings. The molecule has 4 saturated carbocycles. The second-order valence-electron chi connectivity index (χ2n) is 22.2. The van der Waals surface area contributed by atoms with Crippen molar-refractivity contribution in [2.45, 2.75) is 213 Å². The number of fused-ring (bicyclic) bond motifs is 7. The van der Waals surface area contributed by atoms with E-state index in [-0.39, 0.29) is 34.9 Å². The molecule has 15 N–H and O–H groups in total. The maximum Gasteiger partial charge on any atom is 0.286 e. The molecule has 4 aliphatic carbocycles. The summed E-state index contributed by atoms with van der Waals surface area (Å²) in [5, 5.41) is 159. The van der Waals surface area contributed by atoms with Gasteiger partial charge in [0.1, 0.15) is 97.7 Å². The van der Waals surface area contributed by atoms with Crippen LogP contribution in [0.15, 0.2) is 0 Å². The SMILES string of the molecule is C[C@H]1C2C(CC3C4CCC5C[C@@H](O[C@H]6O[C@H](CO)[C@H](O[C@@H]7O[C@H](CO)[C@@H](O)[C@H](O)[C@H]7O[C@H]7O[C@H](CO)[C@H](O)[C@H](O)[C@H]7O)[C@H](O)[C@H]6O)CC[C@]5(C)C4CC[C@@]32C)OC1(O)O[C@@H]1O[C@@H](CO)[C@@H](O)[C@@H](O)[C@@H]1O. The first-order valence-corrected chi connectivity index (χ1v) is 25.0. The summed E-state index contributed by atoms with van der Waals surface area (Å²) in [4.78, 5) is 0. The topological polar surface area (TPSA) is 387 Å². The van der Waals surface area contributed by atoms with Crippen LogP contribution in [-0.2, 0) is 42.6 Å². The van der Waals surface area contributed by atoms with E-state index in [1.807, 2.05) is 6.92 Å². The minimum atomic E-state index is -2.15. The van der Waals surface area contributed by atoms with E-state index in [2.05, 4.69) is 13.8 Å². The minimum absolute atomic E-state index is 0.0435. The average Bonchev–Trinajstić information content (AvgIpc) is 3.78. The molecule has 0 aromatic carbocycles. The molecule has 0 aromatic rings. The fourth-order valence-corrected chi connectivity index (χ4v) is 14.7. The van der Waals surface area contributed by atoms with E-state index in [0.717, 1.165) is 32.1 Å². The molecular weight excluding hydrogens is 936 g/mol. The summed E-state index contributed by atoms with van der Waals surface area (Å²) in [6, 6.07) is 0. The molecule has 31 atom stereocenters. The molecule has 5 saturated heterocycles. The fourth-order valence-electron chi connectivity index (χ4n) is 14.7. The Kier molecular flexibility index (Phi) is 15.8.